The Morgan fingerprint density at radius 3 is 2.08 bits per heavy atom. The number of nitrogens with zero attached hydrogens (tertiary/aromatic N) is 8. The first-order valence-electron chi connectivity index (χ1n) is 12.5. The van der Waals surface area contributed by atoms with E-state index in [1.54, 1.807) is 32.3 Å². The molecular formula is C26H34N8O3. The van der Waals surface area contributed by atoms with Crippen LogP contribution in [0.2, 0.25) is 0 Å². The Hall–Kier alpha value is -3.86. The lowest BCUT2D eigenvalue weighted by atomic mass is 10.1. The monoisotopic (exact) mass is 506 g/mol. The highest BCUT2D eigenvalue weighted by Gasteiger charge is 2.27. The molecule has 1 amide bonds. The van der Waals surface area contributed by atoms with Crippen molar-refractivity contribution in [3.8, 4) is 22.8 Å². The molecule has 2 saturated heterocycles. The van der Waals surface area contributed by atoms with E-state index in [0.717, 1.165) is 43.4 Å². The third-order valence-corrected chi connectivity index (χ3v) is 7.14. The van der Waals surface area contributed by atoms with Gasteiger partial charge in [-0.1, -0.05) is 0 Å². The van der Waals surface area contributed by atoms with E-state index in [4.69, 9.17) is 9.47 Å². The first-order chi connectivity index (χ1) is 18.0. The van der Waals surface area contributed by atoms with Crippen LogP contribution < -0.4 is 19.3 Å². The molecule has 5 rings (SSSR count). The fraction of sp³-hybridized carbons (Fsp3) is 0.462. The minimum absolute atomic E-state index is 0.0384. The lowest BCUT2D eigenvalue weighted by Gasteiger charge is -2.36. The minimum atomic E-state index is -0.0384. The van der Waals surface area contributed by atoms with Gasteiger partial charge in [-0.3, -0.25) is 9.48 Å². The van der Waals surface area contributed by atoms with Crippen LogP contribution in [-0.4, -0.2) is 109 Å². The molecule has 1 aromatic carbocycles. The molecule has 0 atom stereocenters. The van der Waals surface area contributed by atoms with Crippen LogP contribution in [0.4, 0.5) is 11.6 Å². The minimum Gasteiger partial charge on any atom is -0.497 e. The summed E-state index contributed by atoms with van der Waals surface area (Å²) >= 11 is 0. The van der Waals surface area contributed by atoms with Gasteiger partial charge in [-0.25, -0.2) is 9.97 Å². The molecule has 0 saturated carbocycles. The highest BCUT2D eigenvalue weighted by Crippen LogP contribution is 2.33. The van der Waals surface area contributed by atoms with Gasteiger partial charge in [-0.15, -0.1) is 0 Å². The number of rotatable bonds is 6. The fourth-order valence-electron chi connectivity index (χ4n) is 4.83. The summed E-state index contributed by atoms with van der Waals surface area (Å²) in [6.07, 6.45) is 1.64. The smallest absolute Gasteiger partial charge is 0.272 e. The fourth-order valence-corrected chi connectivity index (χ4v) is 4.83. The third kappa shape index (κ3) is 5.17. The van der Waals surface area contributed by atoms with E-state index >= 15 is 0 Å². The number of likely N-dealkylation sites (N-methyl/N-ethyl adjacent to an activating group) is 1. The van der Waals surface area contributed by atoms with Crippen molar-refractivity contribution in [2.24, 2.45) is 7.05 Å². The Balaban J connectivity index is 1.26. The average molecular weight is 507 g/mol. The van der Waals surface area contributed by atoms with Crippen molar-refractivity contribution in [3.63, 3.8) is 0 Å². The van der Waals surface area contributed by atoms with E-state index in [2.05, 4.69) is 42.9 Å². The van der Waals surface area contributed by atoms with Gasteiger partial charge in [0, 0.05) is 71.0 Å². The van der Waals surface area contributed by atoms with Gasteiger partial charge in [0.05, 0.1) is 19.9 Å². The van der Waals surface area contributed by atoms with Crippen molar-refractivity contribution in [3.05, 3.63) is 42.4 Å². The normalized spacial score (nSPS) is 16.7. The summed E-state index contributed by atoms with van der Waals surface area (Å²) in [7, 11) is 7.17. The molecule has 11 heteroatoms. The van der Waals surface area contributed by atoms with Crippen LogP contribution in [0.1, 0.15) is 10.5 Å². The summed E-state index contributed by atoms with van der Waals surface area (Å²) in [5.41, 5.74) is 1.98. The average Bonchev–Trinajstić information content (AvgIpc) is 3.34. The van der Waals surface area contributed by atoms with Crippen molar-refractivity contribution in [1.82, 2.24) is 29.5 Å². The standard InChI is InChI=1S/C26H34N8O3/c1-30-7-9-32(10-8-30)24-17-25(28-18-27-24)33-11-13-34(14-12-33)26(35)22-16-21(29-31(22)2)20-15-19(36-3)5-6-23(20)37-4/h5-6,15-18H,7-14H2,1-4H3. The predicted molar refractivity (Wildman–Crippen MR) is 142 cm³/mol. The topological polar surface area (TPSA) is 92.1 Å². The molecule has 11 nitrogen and oxygen atoms in total. The number of methoxy groups -OCH3 is 2. The molecule has 2 aromatic heterocycles. The van der Waals surface area contributed by atoms with E-state index in [0.29, 0.717) is 49.1 Å². The SMILES string of the molecule is COc1ccc(OC)c(-c2cc(C(=O)N3CCN(c4cc(N5CCN(C)CC5)ncn4)CC3)n(C)n2)c1. The number of piperazine rings is 2. The molecule has 0 bridgehead atoms. The Morgan fingerprint density at radius 2 is 1.46 bits per heavy atom. The molecular weight excluding hydrogens is 472 g/mol. The molecule has 0 radical (unpaired) electrons. The van der Waals surface area contributed by atoms with E-state index in [1.807, 2.05) is 29.2 Å². The van der Waals surface area contributed by atoms with Gasteiger partial charge in [-0.05, 0) is 31.3 Å². The molecule has 196 valence electrons. The van der Waals surface area contributed by atoms with Crippen LogP contribution >= 0.6 is 0 Å². The van der Waals surface area contributed by atoms with Crippen LogP contribution in [0.15, 0.2) is 36.7 Å². The van der Waals surface area contributed by atoms with Crippen LogP contribution in [0, 0.1) is 0 Å². The number of ether oxygens (including phenoxy) is 2. The van der Waals surface area contributed by atoms with Crippen LogP contribution in [-0.2, 0) is 7.05 Å². The quantitative estimate of drug-likeness (QED) is 0.494. The molecule has 3 aromatic rings. The van der Waals surface area contributed by atoms with Crippen molar-refractivity contribution in [1.29, 1.82) is 0 Å². The van der Waals surface area contributed by atoms with Crippen molar-refractivity contribution in [2.75, 3.05) is 83.4 Å². The Morgan fingerprint density at radius 1 is 0.811 bits per heavy atom. The zero-order valence-corrected chi connectivity index (χ0v) is 21.9. The highest BCUT2D eigenvalue weighted by atomic mass is 16.5. The second kappa shape index (κ2) is 10.6. The number of carbonyl (C=O) groups is 1. The number of hydrogen-bond acceptors (Lipinski definition) is 9. The maximum absolute atomic E-state index is 13.4. The highest BCUT2D eigenvalue weighted by molar-refractivity contribution is 5.94. The van der Waals surface area contributed by atoms with E-state index < -0.39 is 0 Å². The van der Waals surface area contributed by atoms with Gasteiger partial charge in [0.15, 0.2) is 0 Å². The summed E-state index contributed by atoms with van der Waals surface area (Å²) in [6, 6.07) is 9.43. The number of carbonyl (C=O) groups excluding carboxylic acids is 1. The molecule has 2 aliphatic heterocycles. The molecule has 2 fully saturated rings. The number of anilines is 2. The summed E-state index contributed by atoms with van der Waals surface area (Å²) in [4.78, 5) is 31.2. The lowest BCUT2D eigenvalue weighted by molar-refractivity contribution is 0.0735. The van der Waals surface area contributed by atoms with E-state index in [-0.39, 0.29) is 5.91 Å². The first kappa shape index (κ1) is 24.8. The summed E-state index contributed by atoms with van der Waals surface area (Å²) in [5, 5.41) is 4.60. The molecule has 37 heavy (non-hydrogen) atoms. The zero-order valence-electron chi connectivity index (χ0n) is 21.9. The van der Waals surface area contributed by atoms with E-state index in [1.165, 1.54) is 0 Å². The number of aromatic nitrogens is 4. The van der Waals surface area contributed by atoms with Crippen molar-refractivity contribution in [2.45, 2.75) is 0 Å². The Kier molecular flexibility index (Phi) is 7.13. The number of amides is 1. The number of hydrogen-bond donors (Lipinski definition) is 0. The van der Waals surface area contributed by atoms with Crippen LogP contribution in [0.25, 0.3) is 11.3 Å². The number of benzene rings is 1. The van der Waals surface area contributed by atoms with Crippen LogP contribution in [0.5, 0.6) is 11.5 Å². The van der Waals surface area contributed by atoms with Crippen molar-refractivity contribution < 1.29 is 14.3 Å². The van der Waals surface area contributed by atoms with E-state index in [9.17, 15) is 4.79 Å². The molecule has 0 unspecified atom stereocenters. The van der Waals surface area contributed by atoms with Gasteiger partial charge in [0.25, 0.3) is 5.91 Å². The molecule has 0 N–H and O–H groups in total. The van der Waals surface area contributed by atoms with Gasteiger partial charge in [0.1, 0.15) is 35.2 Å². The maximum Gasteiger partial charge on any atom is 0.272 e. The lowest BCUT2D eigenvalue weighted by Crippen LogP contribution is -2.49. The van der Waals surface area contributed by atoms with Gasteiger partial charge in [0.2, 0.25) is 0 Å². The molecule has 0 aliphatic carbocycles. The second-order valence-corrected chi connectivity index (χ2v) is 9.41. The molecule has 4 heterocycles. The number of aryl methyl sites for hydroxylation is 1. The second-order valence-electron chi connectivity index (χ2n) is 9.41. The third-order valence-electron chi connectivity index (χ3n) is 7.14. The maximum atomic E-state index is 13.4. The predicted octanol–water partition coefficient (Wildman–Crippen LogP) is 1.61. The summed E-state index contributed by atoms with van der Waals surface area (Å²) in [5.74, 6) is 3.21. The van der Waals surface area contributed by atoms with Gasteiger partial charge in [-0.2, -0.15) is 5.10 Å². The van der Waals surface area contributed by atoms with Crippen molar-refractivity contribution >= 4 is 17.5 Å². The summed E-state index contributed by atoms with van der Waals surface area (Å²) < 4.78 is 12.5. The largest absolute Gasteiger partial charge is 0.497 e. The Labute approximate surface area is 217 Å². The Bertz CT molecular complexity index is 1250. The van der Waals surface area contributed by atoms with Gasteiger partial charge < -0.3 is 29.1 Å². The zero-order chi connectivity index (χ0) is 25.9. The molecule has 2 aliphatic rings. The van der Waals surface area contributed by atoms with Gasteiger partial charge >= 0.3 is 0 Å². The van der Waals surface area contributed by atoms with Crippen LogP contribution in [0.3, 0.4) is 0 Å². The first-order valence-corrected chi connectivity index (χ1v) is 12.5. The molecule has 0 spiro atoms. The summed E-state index contributed by atoms with van der Waals surface area (Å²) in [6.45, 7) is 6.61.